The Balaban J connectivity index is 2.11. The van der Waals surface area contributed by atoms with E-state index in [4.69, 9.17) is 0 Å². The van der Waals surface area contributed by atoms with Gasteiger partial charge in [-0.3, -0.25) is 4.48 Å². The number of hydrogen-bond donors (Lipinski definition) is 0. The van der Waals surface area contributed by atoms with Crippen LogP contribution in [0.2, 0.25) is 0 Å². The Bertz CT molecular complexity index is 806. The lowest BCUT2D eigenvalue weighted by molar-refractivity contribution is -0.865. The zero-order valence-corrected chi connectivity index (χ0v) is 17.9. The van der Waals surface area contributed by atoms with Crippen LogP contribution in [0, 0.1) is 26.7 Å². The standard InChI is InChI=1S/C24H35N2/c1-16(2)11-20-9-10-25(6)23-14-24(26(7,8)15-22(20)23)21-13-17(3)12-18(4)19(21)5/h9,12-16,24H,10-11H2,1-8H3/q+1. The quantitative estimate of drug-likeness (QED) is 0.657. The highest BCUT2D eigenvalue weighted by Crippen LogP contribution is 2.42. The van der Waals surface area contributed by atoms with Gasteiger partial charge >= 0.3 is 0 Å². The molecule has 1 aromatic carbocycles. The number of hydrogen-bond acceptors (Lipinski definition) is 1. The highest BCUT2D eigenvalue weighted by molar-refractivity contribution is 5.51. The molecule has 0 saturated heterocycles. The molecule has 0 N–H and O–H groups in total. The van der Waals surface area contributed by atoms with Crippen LogP contribution in [0.15, 0.2) is 47.3 Å². The van der Waals surface area contributed by atoms with Gasteiger partial charge in [-0.1, -0.05) is 31.6 Å². The Kier molecular flexibility index (Phi) is 4.92. The van der Waals surface area contributed by atoms with Crippen LogP contribution < -0.4 is 0 Å². The van der Waals surface area contributed by atoms with E-state index in [1.807, 2.05) is 0 Å². The SMILES string of the molecule is Cc1cc(C)c(C)c(C2C=C3C(=C[N+]2(C)C)C(CC(C)C)=CCN3C)c1. The van der Waals surface area contributed by atoms with Crippen LogP contribution in [-0.2, 0) is 0 Å². The first-order valence-corrected chi connectivity index (χ1v) is 9.87. The molecule has 1 atom stereocenters. The summed E-state index contributed by atoms with van der Waals surface area (Å²) in [5.74, 6) is 0.682. The summed E-state index contributed by atoms with van der Waals surface area (Å²) in [5, 5.41) is 0. The first-order chi connectivity index (χ1) is 12.1. The van der Waals surface area contributed by atoms with E-state index in [1.165, 1.54) is 39.1 Å². The maximum Gasteiger partial charge on any atom is 0.140 e. The monoisotopic (exact) mass is 351 g/mol. The van der Waals surface area contributed by atoms with Crippen LogP contribution in [-0.4, -0.2) is 37.1 Å². The summed E-state index contributed by atoms with van der Waals surface area (Å²) >= 11 is 0. The molecule has 0 bridgehead atoms. The molecule has 0 fully saturated rings. The van der Waals surface area contributed by atoms with Crippen LogP contribution >= 0.6 is 0 Å². The van der Waals surface area contributed by atoms with E-state index in [1.54, 1.807) is 0 Å². The number of rotatable bonds is 3. The summed E-state index contributed by atoms with van der Waals surface area (Å²) in [6.07, 6.45) is 8.58. The minimum atomic E-state index is 0.355. The molecule has 140 valence electrons. The summed E-state index contributed by atoms with van der Waals surface area (Å²) in [6.45, 7) is 12.4. The topological polar surface area (TPSA) is 3.24 Å². The van der Waals surface area contributed by atoms with Crippen molar-refractivity contribution in [2.75, 3.05) is 27.7 Å². The van der Waals surface area contributed by atoms with Crippen molar-refractivity contribution in [3.8, 4) is 0 Å². The van der Waals surface area contributed by atoms with Gasteiger partial charge < -0.3 is 4.90 Å². The normalized spacial score (nSPS) is 22.0. The van der Waals surface area contributed by atoms with Crippen molar-refractivity contribution in [1.82, 2.24) is 4.90 Å². The lowest BCUT2D eigenvalue weighted by Gasteiger charge is -2.42. The van der Waals surface area contributed by atoms with E-state index in [2.05, 4.69) is 91.1 Å². The average molecular weight is 352 g/mol. The lowest BCUT2D eigenvalue weighted by atomic mass is 9.85. The van der Waals surface area contributed by atoms with Crippen molar-refractivity contribution >= 4 is 0 Å². The fraction of sp³-hybridized carbons (Fsp3) is 0.500. The lowest BCUT2D eigenvalue weighted by Crippen LogP contribution is -2.42. The smallest absolute Gasteiger partial charge is 0.140 e. The molecule has 0 spiro atoms. The van der Waals surface area contributed by atoms with Crippen molar-refractivity contribution in [2.45, 2.75) is 47.1 Å². The van der Waals surface area contributed by atoms with E-state index < -0.39 is 0 Å². The molecule has 0 aromatic heterocycles. The van der Waals surface area contributed by atoms with E-state index in [0.29, 0.717) is 12.0 Å². The van der Waals surface area contributed by atoms with Crippen LogP contribution in [0.1, 0.15) is 48.6 Å². The molecule has 0 amide bonds. The van der Waals surface area contributed by atoms with E-state index in [9.17, 15) is 0 Å². The molecule has 1 aromatic rings. The Morgan fingerprint density at radius 3 is 2.50 bits per heavy atom. The second-order valence-electron chi connectivity index (χ2n) is 9.17. The summed E-state index contributed by atoms with van der Waals surface area (Å²) in [6, 6.07) is 5.04. The van der Waals surface area contributed by atoms with Gasteiger partial charge in [0.2, 0.25) is 0 Å². The van der Waals surface area contributed by atoms with Gasteiger partial charge in [-0.25, -0.2) is 0 Å². The second kappa shape index (κ2) is 6.74. The molecular formula is C24H35N2+. The van der Waals surface area contributed by atoms with Crippen molar-refractivity contribution in [3.05, 3.63) is 69.6 Å². The van der Waals surface area contributed by atoms with Gasteiger partial charge in [-0.15, -0.1) is 0 Å². The van der Waals surface area contributed by atoms with Gasteiger partial charge in [0.05, 0.1) is 25.4 Å². The Labute approximate surface area is 160 Å². The first-order valence-electron chi connectivity index (χ1n) is 9.87. The number of quaternary nitrogens is 1. The van der Waals surface area contributed by atoms with Gasteiger partial charge in [0, 0.05) is 25.2 Å². The molecule has 3 rings (SSSR count). The van der Waals surface area contributed by atoms with Crippen LogP contribution in [0.25, 0.3) is 0 Å². The second-order valence-corrected chi connectivity index (χ2v) is 9.17. The minimum Gasteiger partial charge on any atom is -0.370 e. The maximum absolute atomic E-state index is 2.52. The summed E-state index contributed by atoms with van der Waals surface area (Å²) in [4.78, 5) is 2.40. The largest absolute Gasteiger partial charge is 0.370 e. The van der Waals surface area contributed by atoms with Gasteiger partial charge in [-0.05, 0) is 55.9 Å². The molecule has 2 aliphatic heterocycles. The highest BCUT2D eigenvalue weighted by atomic mass is 15.3. The number of fused-ring (bicyclic) bond motifs is 1. The zero-order chi connectivity index (χ0) is 19.2. The van der Waals surface area contributed by atoms with Crippen molar-refractivity contribution in [1.29, 1.82) is 0 Å². The number of aryl methyl sites for hydroxylation is 2. The fourth-order valence-electron chi connectivity index (χ4n) is 4.41. The highest BCUT2D eigenvalue weighted by Gasteiger charge is 2.37. The van der Waals surface area contributed by atoms with E-state index >= 15 is 0 Å². The summed E-state index contributed by atoms with van der Waals surface area (Å²) in [5.41, 5.74) is 10.0. The molecule has 0 aliphatic carbocycles. The van der Waals surface area contributed by atoms with Gasteiger partial charge in [0.1, 0.15) is 12.2 Å². The fourth-order valence-corrected chi connectivity index (χ4v) is 4.41. The minimum absolute atomic E-state index is 0.355. The summed E-state index contributed by atoms with van der Waals surface area (Å²) < 4.78 is 0.867. The third-order valence-electron chi connectivity index (χ3n) is 5.94. The number of allylic oxidation sites excluding steroid dienone is 1. The van der Waals surface area contributed by atoms with Crippen molar-refractivity contribution < 1.29 is 4.48 Å². The van der Waals surface area contributed by atoms with Crippen LogP contribution in [0.5, 0.6) is 0 Å². The maximum atomic E-state index is 2.52. The molecule has 2 heterocycles. The van der Waals surface area contributed by atoms with Gasteiger partial charge in [0.25, 0.3) is 0 Å². The van der Waals surface area contributed by atoms with E-state index in [-0.39, 0.29) is 0 Å². The molecule has 2 nitrogen and oxygen atoms in total. The zero-order valence-electron chi connectivity index (χ0n) is 17.9. The summed E-state index contributed by atoms with van der Waals surface area (Å²) in [7, 11) is 6.90. The molecule has 26 heavy (non-hydrogen) atoms. The Morgan fingerprint density at radius 2 is 1.85 bits per heavy atom. The van der Waals surface area contributed by atoms with Crippen LogP contribution in [0.4, 0.5) is 0 Å². The van der Waals surface area contributed by atoms with Gasteiger partial charge in [-0.2, -0.15) is 0 Å². The Morgan fingerprint density at radius 1 is 1.15 bits per heavy atom. The number of nitrogens with zero attached hydrogens (tertiary/aromatic N) is 2. The van der Waals surface area contributed by atoms with Crippen LogP contribution in [0.3, 0.4) is 0 Å². The number of likely N-dealkylation sites (N-methyl/N-ethyl adjacent to an activating group) is 2. The Hall–Kier alpha value is -1.80. The molecular weight excluding hydrogens is 316 g/mol. The molecule has 0 saturated carbocycles. The predicted molar refractivity (Wildman–Crippen MR) is 112 cm³/mol. The first kappa shape index (κ1) is 19.0. The molecule has 2 aliphatic rings. The van der Waals surface area contributed by atoms with E-state index in [0.717, 1.165) is 17.4 Å². The number of benzene rings is 1. The molecule has 0 radical (unpaired) electrons. The molecule has 1 unspecified atom stereocenters. The van der Waals surface area contributed by atoms with Crippen molar-refractivity contribution in [3.63, 3.8) is 0 Å². The average Bonchev–Trinajstić information content (AvgIpc) is 2.52. The molecule has 2 heteroatoms. The third-order valence-corrected chi connectivity index (χ3v) is 5.94. The predicted octanol–water partition coefficient (Wildman–Crippen LogP) is 5.43. The van der Waals surface area contributed by atoms with Gasteiger partial charge in [0.15, 0.2) is 0 Å². The third kappa shape index (κ3) is 3.40. The van der Waals surface area contributed by atoms with Crippen molar-refractivity contribution in [2.24, 2.45) is 5.92 Å².